The fraction of sp³-hybridized carbons (Fsp3) is 0.400. The predicted octanol–water partition coefficient (Wildman–Crippen LogP) is 0.821. The highest BCUT2D eigenvalue weighted by molar-refractivity contribution is 5.00. The first-order chi connectivity index (χ1) is 2.77. The number of hydrogen-bond acceptors (Lipinski definition) is 1. The molecular weight excluding hydrogens is 74.1 g/mol. The molecule has 0 fully saturated rings. The van der Waals surface area contributed by atoms with E-state index >= 15 is 0 Å². The van der Waals surface area contributed by atoms with Crippen molar-refractivity contribution in [2.24, 2.45) is 0 Å². The average Bonchev–Trinajstić information content (AvgIpc) is 1.35. The van der Waals surface area contributed by atoms with E-state index in [1.54, 1.807) is 7.05 Å². The number of hydrogen-bond donors (Lipinski definition) is 1. The van der Waals surface area contributed by atoms with Gasteiger partial charge in [0.25, 0.3) is 0 Å². The second-order valence-electron chi connectivity index (χ2n) is 1.16. The van der Waals surface area contributed by atoms with Crippen LogP contribution in [0.5, 0.6) is 0 Å². The molecular formula is C5H9N. The van der Waals surface area contributed by atoms with Gasteiger partial charge in [-0.15, -0.1) is 0 Å². The minimum Gasteiger partial charge on any atom is -0.307 e. The quantitative estimate of drug-likeness (QED) is 0.487. The van der Waals surface area contributed by atoms with Crippen molar-refractivity contribution in [2.75, 3.05) is 7.05 Å². The van der Waals surface area contributed by atoms with Crippen LogP contribution in [0.3, 0.4) is 0 Å². The van der Waals surface area contributed by atoms with Gasteiger partial charge >= 0.3 is 0 Å². The molecule has 34 valence electrons. The minimum absolute atomic E-state index is 0.928. The molecule has 0 rings (SSSR count). The van der Waals surface area contributed by atoms with E-state index in [0.717, 1.165) is 5.57 Å². The molecule has 0 aliphatic rings. The summed E-state index contributed by atoms with van der Waals surface area (Å²) in [7, 11) is 1.80. The van der Waals surface area contributed by atoms with Crippen LogP contribution in [0.15, 0.2) is 12.2 Å². The van der Waals surface area contributed by atoms with Gasteiger partial charge in [-0.25, -0.2) is 0 Å². The maximum atomic E-state index is 3.57. The van der Waals surface area contributed by atoms with Gasteiger partial charge in [0.15, 0.2) is 0 Å². The zero-order chi connectivity index (χ0) is 4.99. The summed E-state index contributed by atoms with van der Waals surface area (Å²) >= 11 is 0. The molecule has 0 aromatic rings. The highest BCUT2D eigenvalue weighted by Gasteiger charge is 1.76. The van der Waals surface area contributed by atoms with Gasteiger partial charge in [0.1, 0.15) is 0 Å². The Hall–Kier alpha value is -0.300. The van der Waals surface area contributed by atoms with Crippen LogP contribution in [0.25, 0.3) is 0 Å². The van der Waals surface area contributed by atoms with Crippen LogP contribution in [0.1, 0.15) is 6.92 Å². The first-order valence-corrected chi connectivity index (χ1v) is 1.85. The lowest BCUT2D eigenvalue weighted by Crippen LogP contribution is -1.99. The second-order valence-corrected chi connectivity index (χ2v) is 1.16. The van der Waals surface area contributed by atoms with Crippen molar-refractivity contribution in [3.8, 4) is 0 Å². The predicted molar refractivity (Wildman–Crippen MR) is 27.1 cm³/mol. The van der Waals surface area contributed by atoms with Crippen molar-refractivity contribution in [1.82, 2.24) is 5.32 Å². The summed E-state index contributed by atoms with van der Waals surface area (Å²) in [5.74, 6) is 0. The van der Waals surface area contributed by atoms with Gasteiger partial charge in [-0.05, 0) is 14.0 Å². The van der Waals surface area contributed by atoms with E-state index < -0.39 is 0 Å². The van der Waals surface area contributed by atoms with Crippen LogP contribution in [0, 0.1) is 6.54 Å². The summed E-state index contributed by atoms with van der Waals surface area (Å²) in [6.45, 7) is 8.22. The van der Waals surface area contributed by atoms with Gasteiger partial charge in [-0.1, -0.05) is 12.2 Å². The maximum Gasteiger partial charge on any atom is 0.0878 e. The van der Waals surface area contributed by atoms with Gasteiger partial charge in [0.05, 0.1) is 6.54 Å². The molecule has 0 aliphatic heterocycles. The molecule has 0 aromatic carbocycles. The van der Waals surface area contributed by atoms with E-state index in [-0.39, 0.29) is 0 Å². The molecule has 1 N–H and O–H groups in total. The summed E-state index contributed by atoms with van der Waals surface area (Å²) in [6.07, 6.45) is 0. The summed E-state index contributed by atoms with van der Waals surface area (Å²) in [4.78, 5) is 0. The Kier molecular flexibility index (Phi) is 2.77. The molecule has 0 unspecified atom stereocenters. The van der Waals surface area contributed by atoms with Crippen LogP contribution in [0.2, 0.25) is 0 Å². The van der Waals surface area contributed by atoms with E-state index in [2.05, 4.69) is 18.4 Å². The summed E-state index contributed by atoms with van der Waals surface area (Å²) in [5, 5.41) is 2.72. The smallest absolute Gasteiger partial charge is 0.0878 e. The molecule has 1 nitrogen and oxygen atoms in total. The molecule has 0 saturated heterocycles. The maximum absolute atomic E-state index is 3.57. The molecule has 0 aliphatic carbocycles. The second kappa shape index (κ2) is 2.91. The van der Waals surface area contributed by atoms with Crippen LogP contribution >= 0.6 is 0 Å². The van der Waals surface area contributed by atoms with Crippen molar-refractivity contribution < 1.29 is 0 Å². The number of rotatable bonds is 2. The normalized spacial score (nSPS) is 8.33. The third-order valence-electron chi connectivity index (χ3n) is 0.338. The molecule has 1 heteroatoms. The lowest BCUT2D eigenvalue weighted by atomic mass is 10.4. The highest BCUT2D eigenvalue weighted by atomic mass is 14.8. The average molecular weight is 83.1 g/mol. The fourth-order valence-corrected chi connectivity index (χ4v) is 0.213. The summed E-state index contributed by atoms with van der Waals surface area (Å²) in [5.41, 5.74) is 0.928. The van der Waals surface area contributed by atoms with Crippen molar-refractivity contribution in [3.05, 3.63) is 18.7 Å². The Morgan fingerprint density at radius 1 is 1.83 bits per heavy atom. The van der Waals surface area contributed by atoms with E-state index in [1.807, 2.05) is 6.92 Å². The third-order valence-corrected chi connectivity index (χ3v) is 0.338. The zero-order valence-electron chi connectivity index (χ0n) is 4.21. The van der Waals surface area contributed by atoms with Gasteiger partial charge in [0, 0.05) is 0 Å². The van der Waals surface area contributed by atoms with E-state index in [4.69, 9.17) is 0 Å². The fourth-order valence-electron chi connectivity index (χ4n) is 0.213. The molecule has 2 radical (unpaired) electrons. The van der Waals surface area contributed by atoms with Gasteiger partial charge < -0.3 is 5.32 Å². The molecule has 0 heterocycles. The van der Waals surface area contributed by atoms with Crippen molar-refractivity contribution in [1.29, 1.82) is 0 Å². The summed E-state index contributed by atoms with van der Waals surface area (Å²) in [6, 6.07) is 0. The molecule has 0 bridgehead atoms. The number of nitrogens with one attached hydrogen (secondary N) is 1. The van der Waals surface area contributed by atoms with Gasteiger partial charge in [0.2, 0.25) is 0 Å². The molecule has 6 heavy (non-hydrogen) atoms. The van der Waals surface area contributed by atoms with Gasteiger partial charge in [-0.2, -0.15) is 0 Å². The SMILES string of the molecule is C=C(C)[C]NC. The monoisotopic (exact) mass is 83.1 g/mol. The van der Waals surface area contributed by atoms with Crippen molar-refractivity contribution >= 4 is 0 Å². The van der Waals surface area contributed by atoms with Crippen LogP contribution in [0.4, 0.5) is 0 Å². The minimum atomic E-state index is 0.928. The van der Waals surface area contributed by atoms with E-state index in [0.29, 0.717) is 0 Å². The first-order valence-electron chi connectivity index (χ1n) is 1.85. The lowest BCUT2D eigenvalue weighted by Gasteiger charge is -1.88. The Bertz CT molecular complexity index is 47.9. The standard InChI is InChI=1S/C5H9N/c1-5(2)4-6-3/h6H,1H2,2-3H3. The van der Waals surface area contributed by atoms with E-state index in [9.17, 15) is 0 Å². The van der Waals surface area contributed by atoms with E-state index in [1.165, 1.54) is 0 Å². The van der Waals surface area contributed by atoms with Crippen molar-refractivity contribution in [2.45, 2.75) is 6.92 Å². The Balaban J connectivity index is 2.83. The largest absolute Gasteiger partial charge is 0.307 e. The Morgan fingerprint density at radius 3 is 2.33 bits per heavy atom. The zero-order valence-corrected chi connectivity index (χ0v) is 4.21. The molecule has 0 atom stereocenters. The third kappa shape index (κ3) is 3.70. The van der Waals surface area contributed by atoms with Crippen LogP contribution < -0.4 is 5.32 Å². The van der Waals surface area contributed by atoms with Crippen molar-refractivity contribution in [3.63, 3.8) is 0 Å². The molecule has 0 amide bonds. The molecule has 0 aromatic heterocycles. The molecule has 0 saturated carbocycles. The Morgan fingerprint density at radius 2 is 2.33 bits per heavy atom. The molecule has 0 spiro atoms. The first kappa shape index (κ1) is 5.70. The van der Waals surface area contributed by atoms with Gasteiger partial charge in [-0.3, -0.25) is 0 Å². The van der Waals surface area contributed by atoms with Crippen LogP contribution in [-0.4, -0.2) is 7.05 Å². The lowest BCUT2D eigenvalue weighted by molar-refractivity contribution is 0.996. The number of likely N-dealkylation sites (N-methyl/N-ethyl adjacent to an activating group) is 1. The topological polar surface area (TPSA) is 12.0 Å². The van der Waals surface area contributed by atoms with Crippen LogP contribution in [-0.2, 0) is 0 Å². The summed E-state index contributed by atoms with van der Waals surface area (Å²) < 4.78 is 0. The Labute approximate surface area is 39.1 Å². The highest BCUT2D eigenvalue weighted by Crippen LogP contribution is 1.84.